The van der Waals surface area contributed by atoms with Crippen molar-refractivity contribution in [2.75, 3.05) is 44.6 Å². The molecule has 126 valence electrons. The van der Waals surface area contributed by atoms with Crippen molar-refractivity contribution in [3.8, 4) is 0 Å². The summed E-state index contributed by atoms with van der Waals surface area (Å²) in [6.07, 6.45) is 0.00278. The second kappa shape index (κ2) is 8.36. The van der Waals surface area contributed by atoms with Crippen molar-refractivity contribution in [3.05, 3.63) is 30.1 Å². The summed E-state index contributed by atoms with van der Waals surface area (Å²) in [6.45, 7) is 4.56. The number of carbonyl (C=O) groups excluding carboxylic acids is 2. The Morgan fingerprint density at radius 3 is 2.57 bits per heavy atom. The Hall–Kier alpha value is -2.31. The van der Waals surface area contributed by atoms with Crippen LogP contribution in [0.5, 0.6) is 0 Å². The van der Waals surface area contributed by atoms with Crippen molar-refractivity contribution in [1.29, 1.82) is 0 Å². The van der Waals surface area contributed by atoms with Gasteiger partial charge in [-0.2, -0.15) is 0 Å². The Balaban J connectivity index is 1.70. The van der Waals surface area contributed by atoms with Crippen LogP contribution in [-0.4, -0.2) is 61.1 Å². The molecule has 1 aliphatic rings. The molecule has 2 rings (SSSR count). The average molecular weight is 323 g/mol. The summed E-state index contributed by atoms with van der Waals surface area (Å²) < 4.78 is 18.0. The first-order valence-electron chi connectivity index (χ1n) is 7.79. The number of carbonyl (C=O) groups is 2. The molecule has 0 radical (unpaired) electrons. The van der Waals surface area contributed by atoms with Gasteiger partial charge in [0.15, 0.2) is 0 Å². The highest BCUT2D eigenvalue weighted by Gasteiger charge is 2.24. The van der Waals surface area contributed by atoms with Crippen LogP contribution >= 0.6 is 0 Å². The van der Waals surface area contributed by atoms with Crippen molar-refractivity contribution in [2.45, 2.75) is 13.3 Å². The van der Waals surface area contributed by atoms with Gasteiger partial charge in [0.1, 0.15) is 5.82 Å². The fraction of sp³-hybridized carbons (Fsp3) is 0.500. The minimum Gasteiger partial charge on any atom is -0.450 e. The van der Waals surface area contributed by atoms with E-state index in [0.29, 0.717) is 51.4 Å². The third-order valence-electron chi connectivity index (χ3n) is 3.65. The Labute approximate surface area is 135 Å². The van der Waals surface area contributed by atoms with Gasteiger partial charge in [-0.1, -0.05) is 6.07 Å². The number of anilines is 1. The average Bonchev–Trinajstić information content (AvgIpc) is 2.55. The maximum atomic E-state index is 13.0. The summed E-state index contributed by atoms with van der Waals surface area (Å²) in [4.78, 5) is 27.1. The lowest BCUT2D eigenvalue weighted by Crippen LogP contribution is -2.50. The Morgan fingerprint density at radius 1 is 1.22 bits per heavy atom. The smallest absolute Gasteiger partial charge is 0.409 e. The Kier molecular flexibility index (Phi) is 6.19. The molecule has 1 heterocycles. The molecule has 1 aromatic rings. The van der Waals surface area contributed by atoms with E-state index in [1.54, 1.807) is 28.9 Å². The van der Waals surface area contributed by atoms with E-state index >= 15 is 0 Å². The van der Waals surface area contributed by atoms with Gasteiger partial charge in [0.2, 0.25) is 5.91 Å². The van der Waals surface area contributed by atoms with Crippen LogP contribution in [0.15, 0.2) is 24.3 Å². The third kappa shape index (κ3) is 5.12. The zero-order chi connectivity index (χ0) is 16.7. The highest BCUT2D eigenvalue weighted by atomic mass is 19.1. The third-order valence-corrected chi connectivity index (χ3v) is 3.65. The summed E-state index contributed by atoms with van der Waals surface area (Å²) >= 11 is 0. The van der Waals surface area contributed by atoms with E-state index < -0.39 is 0 Å². The van der Waals surface area contributed by atoms with E-state index in [1.165, 1.54) is 12.1 Å². The van der Waals surface area contributed by atoms with E-state index in [2.05, 4.69) is 5.32 Å². The van der Waals surface area contributed by atoms with E-state index in [0.717, 1.165) is 0 Å². The topological polar surface area (TPSA) is 61.9 Å². The molecular weight excluding hydrogens is 301 g/mol. The Morgan fingerprint density at radius 2 is 1.91 bits per heavy atom. The molecule has 1 aliphatic heterocycles. The minimum atomic E-state index is -0.327. The molecule has 1 aromatic carbocycles. The summed E-state index contributed by atoms with van der Waals surface area (Å²) in [7, 11) is 0. The molecule has 7 heteroatoms. The first-order chi connectivity index (χ1) is 11.1. The first kappa shape index (κ1) is 17.1. The van der Waals surface area contributed by atoms with Crippen LogP contribution in [-0.2, 0) is 9.53 Å². The SMILES string of the molecule is CCOC(=O)N1CCN(C(=O)CCNc2cccc(F)c2)CC1. The molecule has 1 saturated heterocycles. The zero-order valence-corrected chi connectivity index (χ0v) is 13.3. The monoisotopic (exact) mass is 323 g/mol. The second-order valence-corrected chi connectivity index (χ2v) is 5.25. The molecule has 0 spiro atoms. The van der Waals surface area contributed by atoms with Crippen molar-refractivity contribution < 1.29 is 18.7 Å². The Bertz CT molecular complexity index is 545. The van der Waals surface area contributed by atoms with Crippen LogP contribution in [0.1, 0.15) is 13.3 Å². The number of piperazine rings is 1. The van der Waals surface area contributed by atoms with Crippen molar-refractivity contribution >= 4 is 17.7 Å². The predicted octanol–water partition coefficient (Wildman–Crippen LogP) is 1.93. The molecule has 0 saturated carbocycles. The van der Waals surface area contributed by atoms with Crippen molar-refractivity contribution in [3.63, 3.8) is 0 Å². The minimum absolute atomic E-state index is 0.0254. The van der Waals surface area contributed by atoms with E-state index in [4.69, 9.17) is 4.74 Å². The van der Waals surface area contributed by atoms with Gasteiger partial charge >= 0.3 is 6.09 Å². The lowest BCUT2D eigenvalue weighted by molar-refractivity contribution is -0.132. The van der Waals surface area contributed by atoms with E-state index in [-0.39, 0.29) is 17.8 Å². The summed E-state index contributed by atoms with van der Waals surface area (Å²) in [5, 5.41) is 3.03. The number of hydrogen-bond donors (Lipinski definition) is 1. The molecule has 6 nitrogen and oxygen atoms in total. The molecule has 0 unspecified atom stereocenters. The van der Waals surface area contributed by atoms with Gasteiger partial charge < -0.3 is 19.9 Å². The lowest BCUT2D eigenvalue weighted by atomic mass is 10.2. The quantitative estimate of drug-likeness (QED) is 0.899. The standard InChI is InChI=1S/C16H22FN3O3/c1-2-23-16(22)20-10-8-19(9-11-20)15(21)6-7-18-14-5-3-4-13(17)12-14/h3-5,12,18H,2,6-11H2,1H3. The van der Waals surface area contributed by atoms with Crippen LogP contribution in [0.2, 0.25) is 0 Å². The normalized spacial score (nSPS) is 14.5. The fourth-order valence-electron chi connectivity index (χ4n) is 2.42. The maximum absolute atomic E-state index is 13.0. The first-order valence-corrected chi connectivity index (χ1v) is 7.79. The number of rotatable bonds is 5. The largest absolute Gasteiger partial charge is 0.450 e. The van der Waals surface area contributed by atoms with Crippen LogP contribution in [0.3, 0.4) is 0 Å². The van der Waals surface area contributed by atoms with Gasteiger partial charge in [0, 0.05) is 44.8 Å². The van der Waals surface area contributed by atoms with Gasteiger partial charge in [0.25, 0.3) is 0 Å². The van der Waals surface area contributed by atoms with Crippen molar-refractivity contribution in [2.24, 2.45) is 0 Å². The van der Waals surface area contributed by atoms with Crippen LogP contribution in [0.4, 0.5) is 14.9 Å². The fourth-order valence-corrected chi connectivity index (χ4v) is 2.42. The molecule has 23 heavy (non-hydrogen) atoms. The molecule has 0 aliphatic carbocycles. The zero-order valence-electron chi connectivity index (χ0n) is 13.3. The molecule has 2 amide bonds. The summed E-state index contributed by atoms with van der Waals surface area (Å²) in [6, 6.07) is 6.14. The molecule has 1 fully saturated rings. The predicted molar refractivity (Wildman–Crippen MR) is 84.7 cm³/mol. The van der Waals surface area contributed by atoms with Crippen molar-refractivity contribution in [1.82, 2.24) is 9.80 Å². The molecule has 1 N–H and O–H groups in total. The van der Waals surface area contributed by atoms with Gasteiger partial charge in [-0.05, 0) is 25.1 Å². The molecular formula is C16H22FN3O3. The van der Waals surface area contributed by atoms with Gasteiger partial charge in [0.05, 0.1) is 6.61 Å². The number of hydrogen-bond acceptors (Lipinski definition) is 4. The van der Waals surface area contributed by atoms with Gasteiger partial charge in [-0.15, -0.1) is 0 Å². The van der Waals surface area contributed by atoms with E-state index in [9.17, 15) is 14.0 Å². The number of ether oxygens (including phenoxy) is 1. The second-order valence-electron chi connectivity index (χ2n) is 5.25. The van der Waals surface area contributed by atoms with Gasteiger partial charge in [-0.25, -0.2) is 9.18 Å². The summed E-state index contributed by atoms with van der Waals surface area (Å²) in [5.74, 6) is -0.283. The van der Waals surface area contributed by atoms with Crippen LogP contribution in [0, 0.1) is 5.82 Å². The number of nitrogens with one attached hydrogen (secondary N) is 1. The number of amides is 2. The molecule has 0 bridgehead atoms. The van der Waals surface area contributed by atoms with Crippen LogP contribution < -0.4 is 5.32 Å². The number of benzene rings is 1. The number of nitrogens with zero attached hydrogens (tertiary/aromatic N) is 2. The molecule has 0 atom stereocenters. The highest BCUT2D eigenvalue weighted by molar-refractivity contribution is 5.77. The molecule has 0 aromatic heterocycles. The maximum Gasteiger partial charge on any atom is 0.409 e. The lowest BCUT2D eigenvalue weighted by Gasteiger charge is -2.34. The number of halogens is 1. The highest BCUT2D eigenvalue weighted by Crippen LogP contribution is 2.10. The van der Waals surface area contributed by atoms with Crippen LogP contribution in [0.25, 0.3) is 0 Å². The summed E-state index contributed by atoms with van der Waals surface area (Å²) in [5.41, 5.74) is 0.657. The van der Waals surface area contributed by atoms with Gasteiger partial charge in [-0.3, -0.25) is 4.79 Å². The van der Waals surface area contributed by atoms with E-state index in [1.807, 2.05) is 0 Å².